The number of halogens is 4. The Labute approximate surface area is 164 Å². The highest BCUT2D eigenvalue weighted by Crippen LogP contribution is 2.32. The van der Waals surface area contributed by atoms with E-state index in [9.17, 15) is 22.8 Å². The lowest BCUT2D eigenvalue weighted by Gasteiger charge is -2.13. The molecule has 5 nitrogen and oxygen atoms in total. The summed E-state index contributed by atoms with van der Waals surface area (Å²) in [5.41, 5.74) is -0.879. The Hall–Kier alpha value is -2.74. The zero-order valence-electron chi connectivity index (χ0n) is 14.9. The van der Waals surface area contributed by atoms with Crippen molar-refractivity contribution in [1.29, 1.82) is 0 Å². The number of esters is 2. The van der Waals surface area contributed by atoms with Crippen molar-refractivity contribution in [1.82, 2.24) is 0 Å². The lowest BCUT2D eigenvalue weighted by Crippen LogP contribution is -2.26. The van der Waals surface area contributed by atoms with Crippen molar-refractivity contribution in [3.05, 3.63) is 58.6 Å². The van der Waals surface area contributed by atoms with Gasteiger partial charge in [-0.05, 0) is 56.3 Å². The van der Waals surface area contributed by atoms with E-state index in [0.717, 1.165) is 24.3 Å². The van der Waals surface area contributed by atoms with Gasteiger partial charge in [-0.1, -0.05) is 11.6 Å². The molecule has 9 heteroatoms. The summed E-state index contributed by atoms with van der Waals surface area (Å²) >= 11 is 5.99. The minimum absolute atomic E-state index is 0.0563. The highest BCUT2D eigenvalue weighted by molar-refractivity contribution is 6.33. The zero-order valence-corrected chi connectivity index (χ0v) is 15.6. The van der Waals surface area contributed by atoms with Gasteiger partial charge in [0.15, 0.2) is 6.10 Å². The Balaban J connectivity index is 2.14. The second kappa shape index (κ2) is 8.97. The number of hydrogen-bond donors (Lipinski definition) is 0. The van der Waals surface area contributed by atoms with Gasteiger partial charge in [-0.25, -0.2) is 9.59 Å². The maximum absolute atomic E-state index is 12.6. The molecule has 0 radical (unpaired) electrons. The van der Waals surface area contributed by atoms with Gasteiger partial charge in [0, 0.05) is 0 Å². The molecule has 0 amide bonds. The number of rotatable bonds is 6. The summed E-state index contributed by atoms with van der Waals surface area (Å²) in [7, 11) is 0. The third-order valence-electron chi connectivity index (χ3n) is 3.48. The van der Waals surface area contributed by atoms with Crippen LogP contribution in [0.15, 0.2) is 42.5 Å². The van der Waals surface area contributed by atoms with Crippen LogP contribution in [-0.4, -0.2) is 24.6 Å². The maximum Gasteiger partial charge on any atom is 0.416 e. The largest absolute Gasteiger partial charge is 0.463 e. The summed E-state index contributed by atoms with van der Waals surface area (Å²) in [6.45, 7) is 3.11. The number of hydrogen-bond acceptors (Lipinski definition) is 5. The number of alkyl halides is 3. The van der Waals surface area contributed by atoms with E-state index in [2.05, 4.69) is 0 Å². The molecule has 0 fully saturated rings. The first-order chi connectivity index (χ1) is 13.1. The van der Waals surface area contributed by atoms with E-state index in [4.69, 9.17) is 25.8 Å². The SMILES string of the molecule is CCOC(=O)[C@@H](C)OC(=O)c1cc(Oc2ccc(C(F)(F)F)cc2)ccc1Cl. The lowest BCUT2D eigenvalue weighted by atomic mass is 10.2. The van der Waals surface area contributed by atoms with Gasteiger partial charge in [-0.3, -0.25) is 0 Å². The molecule has 0 aromatic heterocycles. The number of ether oxygens (including phenoxy) is 3. The third kappa shape index (κ3) is 5.63. The van der Waals surface area contributed by atoms with Gasteiger partial charge in [-0.15, -0.1) is 0 Å². The van der Waals surface area contributed by atoms with Crippen molar-refractivity contribution in [2.45, 2.75) is 26.1 Å². The Morgan fingerprint density at radius 2 is 1.68 bits per heavy atom. The molecular weight excluding hydrogens is 401 g/mol. The van der Waals surface area contributed by atoms with Crippen molar-refractivity contribution in [2.24, 2.45) is 0 Å². The molecule has 0 aliphatic rings. The van der Waals surface area contributed by atoms with Crippen molar-refractivity contribution in [3.63, 3.8) is 0 Å². The van der Waals surface area contributed by atoms with E-state index in [0.29, 0.717) is 0 Å². The quantitative estimate of drug-likeness (QED) is 0.601. The molecule has 28 heavy (non-hydrogen) atoms. The minimum atomic E-state index is -4.45. The van der Waals surface area contributed by atoms with Gasteiger partial charge < -0.3 is 14.2 Å². The Morgan fingerprint density at radius 1 is 1.07 bits per heavy atom. The van der Waals surface area contributed by atoms with E-state index in [-0.39, 0.29) is 28.7 Å². The molecule has 0 heterocycles. The van der Waals surface area contributed by atoms with Crippen LogP contribution >= 0.6 is 11.6 Å². The van der Waals surface area contributed by atoms with E-state index >= 15 is 0 Å². The summed E-state index contributed by atoms with van der Waals surface area (Å²) in [6.07, 6.45) is -5.59. The molecular formula is C19H16ClF3O5. The minimum Gasteiger partial charge on any atom is -0.463 e. The van der Waals surface area contributed by atoms with Crippen LogP contribution in [0.2, 0.25) is 5.02 Å². The molecule has 1 atom stereocenters. The molecule has 0 saturated carbocycles. The normalized spacial score (nSPS) is 12.2. The highest BCUT2D eigenvalue weighted by Gasteiger charge is 2.30. The first-order valence-electron chi connectivity index (χ1n) is 8.14. The second-order valence-electron chi connectivity index (χ2n) is 5.57. The van der Waals surface area contributed by atoms with Gasteiger partial charge in [-0.2, -0.15) is 13.2 Å². The van der Waals surface area contributed by atoms with Crippen LogP contribution < -0.4 is 4.74 Å². The number of carbonyl (C=O) groups is 2. The predicted octanol–water partition coefficient (Wildman–Crippen LogP) is 5.26. The molecule has 0 aliphatic heterocycles. The van der Waals surface area contributed by atoms with Crippen LogP contribution in [-0.2, 0) is 20.4 Å². The Morgan fingerprint density at radius 3 is 2.25 bits per heavy atom. The zero-order chi connectivity index (χ0) is 20.9. The average Bonchev–Trinajstić information content (AvgIpc) is 2.63. The first kappa shape index (κ1) is 21.6. The molecule has 0 N–H and O–H groups in total. The summed E-state index contributed by atoms with van der Waals surface area (Å²) < 4.78 is 53.0. The topological polar surface area (TPSA) is 61.8 Å². The van der Waals surface area contributed by atoms with Crippen LogP contribution in [0.3, 0.4) is 0 Å². The van der Waals surface area contributed by atoms with Gasteiger partial charge in [0.1, 0.15) is 11.5 Å². The number of benzene rings is 2. The molecule has 0 bridgehead atoms. The lowest BCUT2D eigenvalue weighted by molar-refractivity contribution is -0.152. The molecule has 150 valence electrons. The van der Waals surface area contributed by atoms with Crippen molar-refractivity contribution in [2.75, 3.05) is 6.61 Å². The summed E-state index contributed by atoms with van der Waals surface area (Å²) in [5.74, 6) is -1.29. The molecule has 2 aromatic carbocycles. The standard InChI is InChI=1S/C19H16ClF3O5/c1-3-26-17(24)11(2)27-18(25)15-10-14(8-9-16(15)20)28-13-6-4-12(5-7-13)19(21,22)23/h4-11H,3H2,1-2H3/t11-/m1/s1. The van der Waals surface area contributed by atoms with Crippen LogP contribution in [0.4, 0.5) is 13.2 Å². The Kier molecular flexibility index (Phi) is 6.90. The van der Waals surface area contributed by atoms with Gasteiger partial charge in [0.2, 0.25) is 0 Å². The van der Waals surface area contributed by atoms with E-state index in [1.165, 1.54) is 25.1 Å². The number of carbonyl (C=O) groups excluding carboxylic acids is 2. The van der Waals surface area contributed by atoms with Crippen LogP contribution in [0.25, 0.3) is 0 Å². The van der Waals surface area contributed by atoms with Gasteiger partial charge >= 0.3 is 18.1 Å². The highest BCUT2D eigenvalue weighted by atomic mass is 35.5. The van der Waals surface area contributed by atoms with Crippen LogP contribution in [0, 0.1) is 0 Å². The van der Waals surface area contributed by atoms with Gasteiger partial charge in [0.25, 0.3) is 0 Å². The maximum atomic E-state index is 12.6. The first-order valence-corrected chi connectivity index (χ1v) is 8.52. The smallest absolute Gasteiger partial charge is 0.416 e. The Bertz CT molecular complexity index is 850. The van der Waals surface area contributed by atoms with Crippen molar-refractivity contribution >= 4 is 23.5 Å². The summed E-state index contributed by atoms with van der Waals surface area (Å²) in [5, 5.41) is 0.0563. The van der Waals surface area contributed by atoms with E-state index < -0.39 is 29.8 Å². The average molecular weight is 417 g/mol. The summed E-state index contributed by atoms with van der Waals surface area (Å²) in [6, 6.07) is 8.12. The molecule has 0 unspecified atom stereocenters. The van der Waals surface area contributed by atoms with E-state index in [1.54, 1.807) is 6.92 Å². The molecule has 0 aliphatic carbocycles. The monoisotopic (exact) mass is 416 g/mol. The van der Waals surface area contributed by atoms with E-state index in [1.807, 2.05) is 0 Å². The molecule has 2 aromatic rings. The van der Waals surface area contributed by atoms with Crippen molar-refractivity contribution in [3.8, 4) is 11.5 Å². The molecule has 0 saturated heterocycles. The fourth-order valence-electron chi connectivity index (χ4n) is 2.10. The van der Waals surface area contributed by atoms with Crippen LogP contribution in [0.1, 0.15) is 29.8 Å². The van der Waals surface area contributed by atoms with Crippen LogP contribution in [0.5, 0.6) is 11.5 Å². The second-order valence-corrected chi connectivity index (χ2v) is 5.97. The third-order valence-corrected chi connectivity index (χ3v) is 3.81. The van der Waals surface area contributed by atoms with Crippen molar-refractivity contribution < 1.29 is 37.0 Å². The summed E-state index contributed by atoms with van der Waals surface area (Å²) in [4.78, 5) is 23.8. The molecule has 2 rings (SSSR count). The van der Waals surface area contributed by atoms with Gasteiger partial charge in [0.05, 0.1) is 22.8 Å². The fourth-order valence-corrected chi connectivity index (χ4v) is 2.30. The fraction of sp³-hybridized carbons (Fsp3) is 0.263. The predicted molar refractivity (Wildman–Crippen MR) is 94.5 cm³/mol. The molecule has 0 spiro atoms.